The normalized spacial score (nSPS) is 18.1. The lowest BCUT2D eigenvalue weighted by molar-refractivity contribution is -0.129. The molecule has 1 heterocycles. The van der Waals surface area contributed by atoms with Crippen LogP contribution < -0.4 is 5.73 Å². The topological polar surface area (TPSA) is 97.5 Å². The van der Waals surface area contributed by atoms with Crippen LogP contribution in [-0.2, 0) is 21.1 Å². The van der Waals surface area contributed by atoms with E-state index in [1.54, 1.807) is 23.1 Å². The first-order valence-electron chi connectivity index (χ1n) is 7.59. The number of hydrogen-bond donors (Lipinski definition) is 1. The number of hydrogen-bond acceptors (Lipinski definition) is 4. The molecule has 2 amide bonds. The minimum Gasteiger partial charge on any atom is -0.366 e. The summed E-state index contributed by atoms with van der Waals surface area (Å²) in [4.78, 5) is 25.0. The number of benzene rings is 1. The van der Waals surface area contributed by atoms with E-state index in [-0.39, 0.29) is 18.1 Å². The first kappa shape index (κ1) is 17.5. The van der Waals surface area contributed by atoms with E-state index in [2.05, 4.69) is 0 Å². The molecule has 0 aromatic heterocycles. The largest absolute Gasteiger partial charge is 0.366 e. The highest BCUT2D eigenvalue weighted by Gasteiger charge is 2.26. The second kappa shape index (κ2) is 7.12. The van der Waals surface area contributed by atoms with Gasteiger partial charge in [-0.25, -0.2) is 8.42 Å². The van der Waals surface area contributed by atoms with Gasteiger partial charge in [-0.2, -0.15) is 0 Å². The van der Waals surface area contributed by atoms with Gasteiger partial charge in [0.15, 0.2) is 0 Å². The van der Waals surface area contributed by atoms with Gasteiger partial charge in [-0.05, 0) is 36.5 Å². The van der Waals surface area contributed by atoms with Gasteiger partial charge in [0, 0.05) is 31.3 Å². The quantitative estimate of drug-likeness (QED) is 0.822. The molecule has 23 heavy (non-hydrogen) atoms. The van der Waals surface area contributed by atoms with Crippen LogP contribution in [0, 0.1) is 5.92 Å². The SMILES string of the molecule is CS(=O)(=O)CCC(=O)N1CCC(Cc2cccc(C(N)=O)c2)C1. The number of sulfone groups is 1. The van der Waals surface area contributed by atoms with Gasteiger partial charge in [0.2, 0.25) is 11.8 Å². The Kier molecular flexibility index (Phi) is 5.41. The molecule has 6 nitrogen and oxygen atoms in total. The molecule has 0 saturated carbocycles. The highest BCUT2D eigenvalue weighted by atomic mass is 32.2. The highest BCUT2D eigenvalue weighted by Crippen LogP contribution is 2.22. The van der Waals surface area contributed by atoms with Crippen molar-refractivity contribution in [2.45, 2.75) is 19.3 Å². The number of nitrogens with two attached hydrogens (primary N) is 1. The van der Waals surface area contributed by atoms with Crippen molar-refractivity contribution in [3.05, 3.63) is 35.4 Å². The van der Waals surface area contributed by atoms with Crippen LogP contribution in [0.2, 0.25) is 0 Å². The summed E-state index contributed by atoms with van der Waals surface area (Å²) in [7, 11) is -3.12. The Hall–Kier alpha value is -1.89. The summed E-state index contributed by atoms with van der Waals surface area (Å²) >= 11 is 0. The van der Waals surface area contributed by atoms with E-state index in [0.29, 0.717) is 24.6 Å². The number of rotatable bonds is 6. The lowest BCUT2D eigenvalue weighted by atomic mass is 9.97. The molecule has 1 fully saturated rings. The third-order valence-corrected chi connectivity index (χ3v) is 5.01. The second-order valence-corrected chi connectivity index (χ2v) is 8.40. The molecule has 126 valence electrons. The van der Waals surface area contributed by atoms with E-state index in [1.165, 1.54) is 0 Å². The molecular weight excluding hydrogens is 316 g/mol. The predicted molar refractivity (Wildman–Crippen MR) is 87.7 cm³/mol. The van der Waals surface area contributed by atoms with Crippen LogP contribution in [0.1, 0.15) is 28.8 Å². The van der Waals surface area contributed by atoms with Crippen molar-refractivity contribution < 1.29 is 18.0 Å². The summed E-state index contributed by atoms with van der Waals surface area (Å²) in [5.41, 5.74) is 6.79. The molecule has 0 bridgehead atoms. The number of likely N-dealkylation sites (tertiary alicyclic amines) is 1. The summed E-state index contributed by atoms with van der Waals surface area (Å²) in [5, 5.41) is 0. The predicted octanol–water partition coefficient (Wildman–Crippen LogP) is 0.611. The zero-order chi connectivity index (χ0) is 17.0. The van der Waals surface area contributed by atoms with Gasteiger partial charge in [-0.1, -0.05) is 12.1 Å². The van der Waals surface area contributed by atoms with Gasteiger partial charge in [0.25, 0.3) is 0 Å². The highest BCUT2D eigenvalue weighted by molar-refractivity contribution is 7.90. The molecule has 1 aliphatic heterocycles. The standard InChI is InChI=1S/C16H22N2O4S/c1-23(21,22)8-6-15(19)18-7-5-13(11-18)9-12-3-2-4-14(10-12)16(17)20/h2-4,10,13H,5-9,11H2,1H3,(H2,17,20). The molecule has 7 heteroatoms. The molecule has 1 saturated heterocycles. The molecule has 1 aromatic carbocycles. The van der Waals surface area contributed by atoms with Crippen molar-refractivity contribution in [2.75, 3.05) is 25.1 Å². The lowest BCUT2D eigenvalue weighted by Crippen LogP contribution is -2.30. The van der Waals surface area contributed by atoms with Crippen molar-refractivity contribution >= 4 is 21.7 Å². The van der Waals surface area contributed by atoms with Crippen LogP contribution in [0.4, 0.5) is 0 Å². The zero-order valence-electron chi connectivity index (χ0n) is 13.2. The van der Waals surface area contributed by atoms with Crippen LogP contribution in [0.5, 0.6) is 0 Å². The summed E-state index contributed by atoms with van der Waals surface area (Å²) in [5.74, 6) is -0.340. The Labute approximate surface area is 136 Å². The van der Waals surface area contributed by atoms with Gasteiger partial charge in [0.05, 0.1) is 5.75 Å². The molecule has 1 aliphatic rings. The number of carbonyl (C=O) groups is 2. The van der Waals surface area contributed by atoms with E-state index in [0.717, 1.165) is 24.7 Å². The zero-order valence-corrected chi connectivity index (χ0v) is 14.0. The minimum absolute atomic E-state index is 0.0444. The van der Waals surface area contributed by atoms with Crippen LogP contribution in [0.3, 0.4) is 0 Å². The lowest BCUT2D eigenvalue weighted by Gasteiger charge is -2.16. The molecule has 0 aliphatic carbocycles. The number of primary amides is 1. The van der Waals surface area contributed by atoms with E-state index in [4.69, 9.17) is 5.73 Å². The smallest absolute Gasteiger partial charge is 0.248 e. The Bertz CT molecular complexity index is 700. The maximum atomic E-state index is 12.0. The second-order valence-electron chi connectivity index (χ2n) is 6.14. The molecule has 1 unspecified atom stereocenters. The number of nitrogens with zero attached hydrogens (tertiary/aromatic N) is 1. The minimum atomic E-state index is -3.12. The molecule has 1 atom stereocenters. The average molecular weight is 338 g/mol. The first-order valence-corrected chi connectivity index (χ1v) is 9.65. The van der Waals surface area contributed by atoms with Crippen LogP contribution in [-0.4, -0.2) is 50.2 Å². The van der Waals surface area contributed by atoms with Gasteiger partial charge in [-0.3, -0.25) is 9.59 Å². The number of amides is 2. The van der Waals surface area contributed by atoms with Crippen LogP contribution in [0.25, 0.3) is 0 Å². The Morgan fingerprint density at radius 3 is 2.74 bits per heavy atom. The van der Waals surface area contributed by atoms with Gasteiger partial charge in [-0.15, -0.1) is 0 Å². The molecule has 2 rings (SSSR count). The van der Waals surface area contributed by atoms with Crippen molar-refractivity contribution in [3.63, 3.8) is 0 Å². The average Bonchev–Trinajstić information content (AvgIpc) is 2.93. The monoisotopic (exact) mass is 338 g/mol. The molecule has 1 aromatic rings. The maximum absolute atomic E-state index is 12.0. The van der Waals surface area contributed by atoms with E-state index < -0.39 is 15.7 Å². The van der Waals surface area contributed by atoms with Crippen molar-refractivity contribution in [2.24, 2.45) is 11.7 Å². The van der Waals surface area contributed by atoms with Gasteiger partial charge in [0.1, 0.15) is 9.84 Å². The van der Waals surface area contributed by atoms with Crippen molar-refractivity contribution in [1.82, 2.24) is 4.90 Å². The molecule has 2 N–H and O–H groups in total. The van der Waals surface area contributed by atoms with Gasteiger partial charge >= 0.3 is 0 Å². The summed E-state index contributed by atoms with van der Waals surface area (Å²) in [6.07, 6.45) is 2.84. The van der Waals surface area contributed by atoms with Crippen molar-refractivity contribution in [1.29, 1.82) is 0 Å². The Morgan fingerprint density at radius 1 is 1.35 bits per heavy atom. The van der Waals surface area contributed by atoms with Crippen LogP contribution >= 0.6 is 0 Å². The summed E-state index contributed by atoms with van der Waals surface area (Å²) in [6, 6.07) is 7.22. The van der Waals surface area contributed by atoms with Gasteiger partial charge < -0.3 is 10.6 Å². The fourth-order valence-electron chi connectivity index (χ4n) is 2.84. The fraction of sp³-hybridized carbons (Fsp3) is 0.500. The summed E-state index contributed by atoms with van der Waals surface area (Å²) < 4.78 is 22.3. The molecule has 0 spiro atoms. The fourth-order valence-corrected chi connectivity index (χ4v) is 3.39. The number of carbonyl (C=O) groups excluding carboxylic acids is 2. The Balaban J connectivity index is 1.89. The van der Waals surface area contributed by atoms with E-state index in [9.17, 15) is 18.0 Å². The molecular formula is C16H22N2O4S. The van der Waals surface area contributed by atoms with E-state index in [1.807, 2.05) is 6.07 Å². The first-order chi connectivity index (χ1) is 10.7. The maximum Gasteiger partial charge on any atom is 0.248 e. The van der Waals surface area contributed by atoms with Crippen LogP contribution in [0.15, 0.2) is 24.3 Å². The molecule has 0 radical (unpaired) electrons. The Morgan fingerprint density at radius 2 is 2.09 bits per heavy atom. The third-order valence-electron chi connectivity index (χ3n) is 4.06. The summed E-state index contributed by atoms with van der Waals surface area (Å²) in [6.45, 7) is 1.28. The van der Waals surface area contributed by atoms with Crippen molar-refractivity contribution in [3.8, 4) is 0 Å². The van der Waals surface area contributed by atoms with E-state index >= 15 is 0 Å². The third kappa shape index (κ3) is 5.35.